The highest BCUT2D eigenvalue weighted by atomic mass is 32.2. The number of nitrogens with two attached hydrogens (primary N) is 1. The maximum atomic E-state index is 9.08. The number of benzene rings is 1. The van der Waals surface area contributed by atoms with Crippen molar-refractivity contribution in [2.24, 2.45) is 0 Å². The molecule has 0 unspecified atom stereocenters. The molecule has 0 radical (unpaired) electrons. The lowest BCUT2D eigenvalue weighted by Gasteiger charge is -2.04. The summed E-state index contributed by atoms with van der Waals surface area (Å²) in [4.78, 5) is 1.30. The van der Waals surface area contributed by atoms with Crippen LogP contribution in [0.2, 0.25) is 0 Å². The summed E-state index contributed by atoms with van der Waals surface area (Å²) >= 11 is 1.76. The summed E-state index contributed by atoms with van der Waals surface area (Å²) in [5.74, 6) is 0. The van der Waals surface area contributed by atoms with Crippen LogP contribution in [0.15, 0.2) is 29.2 Å². The van der Waals surface area contributed by atoms with Crippen molar-refractivity contribution in [1.82, 2.24) is 0 Å². The van der Waals surface area contributed by atoms with Gasteiger partial charge in [-0.25, -0.2) is 0 Å². The van der Waals surface area contributed by atoms with Gasteiger partial charge in [0.1, 0.15) is 13.1 Å². The molecule has 0 amide bonds. The molecule has 0 spiro atoms. The Morgan fingerprint density at radius 1 is 1.36 bits per heavy atom. The quantitative estimate of drug-likeness (QED) is 0.710. The average molecular weight is 212 g/mol. The van der Waals surface area contributed by atoms with Crippen molar-refractivity contribution < 1.29 is 10.4 Å². The topological polar surface area (TPSA) is 36.8 Å². The van der Waals surface area contributed by atoms with Gasteiger partial charge in [0.05, 0.1) is 6.10 Å². The predicted octanol–water partition coefficient (Wildman–Crippen LogP) is 0.853. The first kappa shape index (κ1) is 11.6. The molecule has 1 atom stereocenters. The number of rotatable bonds is 5. The fraction of sp³-hybridized carbons (Fsp3) is 0.455. The minimum atomic E-state index is -0.222. The van der Waals surface area contributed by atoms with Crippen molar-refractivity contribution in [1.29, 1.82) is 0 Å². The zero-order valence-electron chi connectivity index (χ0n) is 8.73. The van der Waals surface area contributed by atoms with Gasteiger partial charge >= 0.3 is 0 Å². The Labute approximate surface area is 89.7 Å². The van der Waals surface area contributed by atoms with Gasteiger partial charge < -0.3 is 10.4 Å². The van der Waals surface area contributed by atoms with Gasteiger partial charge in [-0.1, -0.05) is 12.1 Å². The van der Waals surface area contributed by atoms with E-state index in [-0.39, 0.29) is 6.10 Å². The molecule has 1 rings (SSSR count). The first-order chi connectivity index (χ1) is 6.72. The van der Waals surface area contributed by atoms with E-state index in [1.807, 2.05) is 6.92 Å². The monoisotopic (exact) mass is 212 g/mol. The number of hydrogen-bond acceptors (Lipinski definition) is 2. The van der Waals surface area contributed by atoms with Gasteiger partial charge in [0, 0.05) is 10.5 Å². The molecular formula is C11H18NOS+. The van der Waals surface area contributed by atoms with E-state index in [1.54, 1.807) is 11.8 Å². The molecule has 0 aliphatic carbocycles. The van der Waals surface area contributed by atoms with E-state index in [0.29, 0.717) is 0 Å². The van der Waals surface area contributed by atoms with E-state index < -0.39 is 0 Å². The second-order valence-electron chi connectivity index (χ2n) is 3.43. The zero-order valence-corrected chi connectivity index (χ0v) is 9.55. The van der Waals surface area contributed by atoms with Gasteiger partial charge in [0.15, 0.2) is 0 Å². The van der Waals surface area contributed by atoms with E-state index in [2.05, 4.69) is 35.8 Å². The third-order valence-corrected chi connectivity index (χ3v) is 2.79. The van der Waals surface area contributed by atoms with Gasteiger partial charge in [-0.3, -0.25) is 0 Å². The van der Waals surface area contributed by atoms with Gasteiger partial charge in [0.25, 0.3) is 0 Å². The SMILES string of the molecule is CSc1ccc(C[NH2+]C[C@H](C)O)cc1. The van der Waals surface area contributed by atoms with Crippen LogP contribution in [0, 0.1) is 0 Å². The van der Waals surface area contributed by atoms with Crippen molar-refractivity contribution in [2.75, 3.05) is 12.8 Å². The van der Waals surface area contributed by atoms with Gasteiger partial charge in [-0.15, -0.1) is 11.8 Å². The molecule has 0 fully saturated rings. The second kappa shape index (κ2) is 6.06. The molecule has 78 valence electrons. The molecule has 3 N–H and O–H groups in total. The molecule has 0 saturated carbocycles. The minimum absolute atomic E-state index is 0.222. The Morgan fingerprint density at radius 2 is 2.00 bits per heavy atom. The van der Waals surface area contributed by atoms with Crippen LogP contribution < -0.4 is 5.32 Å². The first-order valence-corrected chi connectivity index (χ1v) is 6.07. The molecule has 0 aliphatic heterocycles. The summed E-state index contributed by atoms with van der Waals surface area (Å²) in [5.41, 5.74) is 1.31. The lowest BCUT2D eigenvalue weighted by molar-refractivity contribution is -0.676. The maximum Gasteiger partial charge on any atom is 0.102 e. The number of aliphatic hydroxyl groups is 1. The number of aliphatic hydroxyl groups excluding tert-OH is 1. The van der Waals surface area contributed by atoms with E-state index in [9.17, 15) is 0 Å². The fourth-order valence-electron chi connectivity index (χ4n) is 1.25. The molecule has 0 heterocycles. The molecular weight excluding hydrogens is 194 g/mol. The van der Waals surface area contributed by atoms with Crippen molar-refractivity contribution >= 4 is 11.8 Å². The minimum Gasteiger partial charge on any atom is -0.388 e. The average Bonchev–Trinajstić information content (AvgIpc) is 2.18. The summed E-state index contributed by atoms with van der Waals surface area (Å²) in [6, 6.07) is 8.56. The van der Waals surface area contributed by atoms with E-state index in [4.69, 9.17) is 5.11 Å². The summed E-state index contributed by atoms with van der Waals surface area (Å²) in [5, 5.41) is 11.2. The first-order valence-electron chi connectivity index (χ1n) is 4.85. The number of hydrogen-bond donors (Lipinski definition) is 2. The lowest BCUT2D eigenvalue weighted by atomic mass is 10.2. The van der Waals surface area contributed by atoms with Gasteiger partial charge in [-0.05, 0) is 25.3 Å². The summed E-state index contributed by atoms with van der Waals surface area (Å²) < 4.78 is 0. The second-order valence-corrected chi connectivity index (χ2v) is 4.31. The van der Waals surface area contributed by atoms with Crippen LogP contribution >= 0.6 is 11.8 Å². The highest BCUT2D eigenvalue weighted by Gasteiger charge is 1.99. The molecule has 3 heteroatoms. The normalized spacial score (nSPS) is 12.8. The van der Waals surface area contributed by atoms with E-state index >= 15 is 0 Å². The van der Waals surface area contributed by atoms with Crippen LogP contribution in [0.25, 0.3) is 0 Å². The number of thioether (sulfide) groups is 1. The summed E-state index contributed by atoms with van der Waals surface area (Å²) in [6.45, 7) is 3.52. The molecule has 1 aromatic carbocycles. The van der Waals surface area contributed by atoms with Crippen molar-refractivity contribution in [2.45, 2.75) is 24.5 Å². The molecule has 14 heavy (non-hydrogen) atoms. The molecule has 0 bridgehead atoms. The Hall–Kier alpha value is -0.510. The Morgan fingerprint density at radius 3 is 2.50 bits per heavy atom. The highest BCUT2D eigenvalue weighted by Crippen LogP contribution is 2.14. The Bertz CT molecular complexity index is 258. The van der Waals surface area contributed by atoms with Crippen molar-refractivity contribution in [3.05, 3.63) is 29.8 Å². The van der Waals surface area contributed by atoms with Crippen LogP contribution in [0.5, 0.6) is 0 Å². The van der Waals surface area contributed by atoms with Gasteiger partial charge in [-0.2, -0.15) is 0 Å². The highest BCUT2D eigenvalue weighted by molar-refractivity contribution is 7.98. The molecule has 1 aromatic rings. The molecule has 0 aromatic heterocycles. The number of quaternary nitrogens is 1. The third-order valence-electron chi connectivity index (χ3n) is 2.05. The van der Waals surface area contributed by atoms with Crippen LogP contribution in [0.3, 0.4) is 0 Å². The summed E-state index contributed by atoms with van der Waals surface area (Å²) in [7, 11) is 0. The third kappa shape index (κ3) is 4.13. The van der Waals surface area contributed by atoms with Gasteiger partial charge in [0.2, 0.25) is 0 Å². The molecule has 0 saturated heterocycles. The predicted molar refractivity (Wildman–Crippen MR) is 60.4 cm³/mol. The zero-order chi connectivity index (χ0) is 10.4. The maximum absolute atomic E-state index is 9.08. The van der Waals surface area contributed by atoms with Crippen LogP contribution in [-0.2, 0) is 6.54 Å². The largest absolute Gasteiger partial charge is 0.388 e. The van der Waals surface area contributed by atoms with Crippen LogP contribution in [-0.4, -0.2) is 24.0 Å². The molecule has 2 nitrogen and oxygen atoms in total. The summed E-state index contributed by atoms with van der Waals surface area (Å²) in [6.07, 6.45) is 1.86. The van der Waals surface area contributed by atoms with E-state index in [0.717, 1.165) is 13.1 Å². The Balaban J connectivity index is 2.36. The lowest BCUT2D eigenvalue weighted by Crippen LogP contribution is -2.84. The van der Waals surface area contributed by atoms with Crippen molar-refractivity contribution in [3.8, 4) is 0 Å². The molecule has 0 aliphatic rings. The standard InChI is InChI=1S/C11H17NOS/c1-9(13)7-12-8-10-3-5-11(14-2)6-4-10/h3-6,9,12-13H,7-8H2,1-2H3/p+1/t9-/m0/s1. The van der Waals surface area contributed by atoms with Crippen molar-refractivity contribution in [3.63, 3.8) is 0 Å². The van der Waals surface area contributed by atoms with Crippen LogP contribution in [0.4, 0.5) is 0 Å². The Kier molecular flexibility index (Phi) is 5.01. The fourth-order valence-corrected chi connectivity index (χ4v) is 1.66. The smallest absolute Gasteiger partial charge is 0.102 e. The van der Waals surface area contributed by atoms with E-state index in [1.165, 1.54) is 10.5 Å². The van der Waals surface area contributed by atoms with Crippen LogP contribution in [0.1, 0.15) is 12.5 Å².